The third-order valence-electron chi connectivity index (χ3n) is 3.57. The summed E-state index contributed by atoms with van der Waals surface area (Å²) in [4.78, 5) is 28.5. The zero-order valence-electron chi connectivity index (χ0n) is 14.6. The van der Waals surface area contributed by atoms with Crippen molar-refractivity contribution in [2.45, 2.75) is 65.5 Å². The van der Waals surface area contributed by atoms with Crippen LogP contribution in [0.1, 0.15) is 53.9 Å². The Morgan fingerprint density at radius 2 is 1.95 bits per heavy atom. The molecule has 1 atom stereocenters. The number of rotatable bonds is 4. The lowest BCUT2D eigenvalue weighted by molar-refractivity contribution is -0.137. The summed E-state index contributed by atoms with van der Waals surface area (Å²) in [7, 11) is 0. The van der Waals surface area contributed by atoms with Crippen molar-refractivity contribution in [3.63, 3.8) is 0 Å². The number of ether oxygens (including phenoxy) is 1. The summed E-state index contributed by atoms with van der Waals surface area (Å²) in [5.74, 6) is -0.00365. The molecule has 5 nitrogen and oxygen atoms in total. The molecule has 126 valence electrons. The van der Waals surface area contributed by atoms with Crippen molar-refractivity contribution in [3.8, 4) is 0 Å². The molecule has 0 spiro atoms. The van der Waals surface area contributed by atoms with Gasteiger partial charge in [0.2, 0.25) is 5.91 Å². The molecule has 1 fully saturated rings. The van der Waals surface area contributed by atoms with E-state index in [0.29, 0.717) is 26.1 Å². The summed E-state index contributed by atoms with van der Waals surface area (Å²) < 4.78 is 5.45. The van der Waals surface area contributed by atoms with Crippen LogP contribution in [0.4, 0.5) is 4.79 Å². The van der Waals surface area contributed by atoms with Gasteiger partial charge in [0.05, 0.1) is 0 Å². The molecule has 0 bridgehead atoms. The molecule has 1 aliphatic rings. The fraction of sp³-hybridized carbons (Fsp3) is 0.765. The molecule has 1 aliphatic heterocycles. The second-order valence-electron chi connectivity index (χ2n) is 6.99. The van der Waals surface area contributed by atoms with Crippen LogP contribution in [0, 0.1) is 0 Å². The third kappa shape index (κ3) is 5.35. The van der Waals surface area contributed by atoms with Crippen LogP contribution in [0.5, 0.6) is 0 Å². The second-order valence-corrected chi connectivity index (χ2v) is 6.99. The van der Waals surface area contributed by atoms with Gasteiger partial charge in [-0.3, -0.25) is 9.69 Å². The van der Waals surface area contributed by atoms with Gasteiger partial charge in [0.1, 0.15) is 11.6 Å². The molecule has 0 aromatic heterocycles. The summed E-state index contributed by atoms with van der Waals surface area (Å²) in [6.07, 6.45) is 2.18. The van der Waals surface area contributed by atoms with Crippen molar-refractivity contribution in [1.82, 2.24) is 9.80 Å². The molecule has 1 saturated heterocycles. The van der Waals surface area contributed by atoms with E-state index >= 15 is 0 Å². The lowest BCUT2D eigenvalue weighted by atomic mass is 10.0. The van der Waals surface area contributed by atoms with E-state index in [9.17, 15) is 9.59 Å². The highest BCUT2D eigenvalue weighted by molar-refractivity contribution is 5.86. The van der Waals surface area contributed by atoms with Crippen molar-refractivity contribution >= 4 is 12.0 Å². The minimum atomic E-state index is -0.551. The van der Waals surface area contributed by atoms with Gasteiger partial charge in [0, 0.05) is 19.6 Å². The Morgan fingerprint density at radius 1 is 1.32 bits per heavy atom. The zero-order valence-corrected chi connectivity index (χ0v) is 14.6. The number of hydrogen-bond acceptors (Lipinski definition) is 3. The minimum absolute atomic E-state index is 0.00365. The van der Waals surface area contributed by atoms with E-state index in [2.05, 4.69) is 6.58 Å². The largest absolute Gasteiger partial charge is 0.444 e. The molecule has 1 heterocycles. The Kier molecular flexibility index (Phi) is 6.45. The van der Waals surface area contributed by atoms with Crippen molar-refractivity contribution in [2.75, 3.05) is 19.6 Å². The maximum atomic E-state index is 12.8. The molecule has 0 radical (unpaired) electrons. The van der Waals surface area contributed by atoms with E-state index in [0.717, 1.165) is 18.4 Å². The summed E-state index contributed by atoms with van der Waals surface area (Å²) in [5, 5.41) is 0. The van der Waals surface area contributed by atoms with Gasteiger partial charge in [0.15, 0.2) is 0 Å². The summed E-state index contributed by atoms with van der Waals surface area (Å²) >= 11 is 0. The van der Waals surface area contributed by atoms with Crippen LogP contribution in [0.15, 0.2) is 12.2 Å². The van der Waals surface area contributed by atoms with E-state index in [4.69, 9.17) is 4.74 Å². The number of amides is 2. The first-order valence-electron chi connectivity index (χ1n) is 8.08. The van der Waals surface area contributed by atoms with Gasteiger partial charge in [-0.05, 0) is 53.9 Å². The molecule has 22 heavy (non-hydrogen) atoms. The lowest BCUT2D eigenvalue weighted by Crippen LogP contribution is -2.54. The maximum Gasteiger partial charge on any atom is 0.410 e. The summed E-state index contributed by atoms with van der Waals surface area (Å²) in [5.41, 5.74) is 0.388. The maximum absolute atomic E-state index is 12.8. The van der Waals surface area contributed by atoms with Gasteiger partial charge >= 0.3 is 6.09 Å². The van der Waals surface area contributed by atoms with Crippen LogP contribution in [-0.2, 0) is 9.53 Å². The van der Waals surface area contributed by atoms with Crippen LogP contribution in [0.25, 0.3) is 0 Å². The Labute approximate surface area is 134 Å². The van der Waals surface area contributed by atoms with Gasteiger partial charge in [-0.25, -0.2) is 4.79 Å². The van der Waals surface area contributed by atoms with Gasteiger partial charge in [-0.2, -0.15) is 0 Å². The third-order valence-corrected chi connectivity index (χ3v) is 3.57. The number of carbonyl (C=O) groups excluding carboxylic acids is 2. The predicted molar refractivity (Wildman–Crippen MR) is 87.6 cm³/mol. The highest BCUT2D eigenvalue weighted by Crippen LogP contribution is 2.22. The first-order valence-corrected chi connectivity index (χ1v) is 8.08. The topological polar surface area (TPSA) is 49.9 Å². The first-order chi connectivity index (χ1) is 10.2. The number of hydrogen-bond donors (Lipinski definition) is 0. The molecule has 5 heteroatoms. The van der Waals surface area contributed by atoms with Crippen LogP contribution in [0.2, 0.25) is 0 Å². The Morgan fingerprint density at radius 3 is 2.45 bits per heavy atom. The zero-order chi connectivity index (χ0) is 16.9. The lowest BCUT2D eigenvalue weighted by Gasteiger charge is -2.38. The molecule has 2 amide bonds. The monoisotopic (exact) mass is 310 g/mol. The number of likely N-dealkylation sites (tertiary alicyclic amines) is 1. The quantitative estimate of drug-likeness (QED) is 0.749. The van der Waals surface area contributed by atoms with Crippen LogP contribution in [-0.4, -0.2) is 53.1 Å². The molecule has 0 aromatic carbocycles. The van der Waals surface area contributed by atoms with Crippen LogP contribution in [0.3, 0.4) is 0 Å². The minimum Gasteiger partial charge on any atom is -0.444 e. The smallest absolute Gasteiger partial charge is 0.410 e. The van der Waals surface area contributed by atoms with Gasteiger partial charge in [-0.15, -0.1) is 0 Å². The highest BCUT2D eigenvalue weighted by atomic mass is 16.6. The average molecular weight is 310 g/mol. The molecule has 1 unspecified atom stereocenters. The number of carbonyl (C=O) groups is 2. The molecule has 0 saturated carbocycles. The summed E-state index contributed by atoms with van der Waals surface area (Å²) in [6.45, 7) is 15.0. The van der Waals surface area contributed by atoms with E-state index in [1.807, 2.05) is 34.6 Å². The number of piperidine rings is 1. The second kappa shape index (κ2) is 7.65. The fourth-order valence-corrected chi connectivity index (χ4v) is 2.61. The Hall–Kier alpha value is -1.52. The number of nitrogens with zero attached hydrogens (tertiary/aromatic N) is 2. The molecule has 1 rings (SSSR count). The molecule has 0 aliphatic carbocycles. The van der Waals surface area contributed by atoms with E-state index in [-0.39, 0.29) is 5.91 Å². The van der Waals surface area contributed by atoms with E-state index in [1.165, 1.54) is 0 Å². The van der Waals surface area contributed by atoms with E-state index in [1.54, 1.807) is 9.80 Å². The SMILES string of the molecule is C=C(C)CN(CC)C(=O)C1CCCCN1C(=O)OC(C)(C)C. The van der Waals surface area contributed by atoms with Gasteiger partial charge in [-0.1, -0.05) is 12.2 Å². The normalized spacial score (nSPS) is 18.8. The average Bonchev–Trinajstić information content (AvgIpc) is 2.42. The standard InChI is InChI=1S/C17H30N2O3/c1-7-18(12-13(2)3)15(20)14-10-8-9-11-19(14)16(21)22-17(4,5)6/h14H,2,7-12H2,1,3-6H3. The van der Waals surface area contributed by atoms with Crippen molar-refractivity contribution in [1.29, 1.82) is 0 Å². The number of likely N-dealkylation sites (N-methyl/N-ethyl adjacent to an activating group) is 1. The fourth-order valence-electron chi connectivity index (χ4n) is 2.61. The van der Waals surface area contributed by atoms with Gasteiger partial charge < -0.3 is 9.64 Å². The first kappa shape index (κ1) is 18.5. The van der Waals surface area contributed by atoms with Crippen molar-refractivity contribution < 1.29 is 14.3 Å². The van der Waals surface area contributed by atoms with Crippen LogP contribution < -0.4 is 0 Å². The Bertz CT molecular complexity index is 426. The highest BCUT2D eigenvalue weighted by Gasteiger charge is 2.36. The van der Waals surface area contributed by atoms with E-state index < -0.39 is 17.7 Å². The predicted octanol–water partition coefficient (Wildman–Crippen LogP) is 3.20. The van der Waals surface area contributed by atoms with Crippen LogP contribution >= 0.6 is 0 Å². The Balaban J connectivity index is 2.85. The van der Waals surface area contributed by atoms with Crippen molar-refractivity contribution in [2.24, 2.45) is 0 Å². The van der Waals surface area contributed by atoms with Crippen molar-refractivity contribution in [3.05, 3.63) is 12.2 Å². The molecule has 0 aromatic rings. The molecular formula is C17H30N2O3. The summed E-state index contributed by atoms with van der Waals surface area (Å²) in [6, 6.07) is -0.414. The van der Waals surface area contributed by atoms with Gasteiger partial charge in [0.25, 0.3) is 0 Å². The molecular weight excluding hydrogens is 280 g/mol. The molecule has 0 N–H and O–H groups in total.